The van der Waals surface area contributed by atoms with Crippen molar-refractivity contribution in [2.24, 2.45) is 0 Å². The molecule has 1 atom stereocenters. The van der Waals surface area contributed by atoms with Gasteiger partial charge >= 0.3 is 0 Å². The number of hydrogen-bond acceptors (Lipinski definition) is 2. The van der Waals surface area contributed by atoms with Crippen molar-refractivity contribution in [3.63, 3.8) is 0 Å². The molecular formula is C17H20BrNO. The number of aryl methyl sites for hydroxylation is 1. The number of anilines is 1. The number of ether oxygens (including phenoxy) is 1. The lowest BCUT2D eigenvalue weighted by Gasteiger charge is -2.19. The number of benzene rings is 2. The molecule has 0 aromatic heterocycles. The molecular weight excluding hydrogens is 314 g/mol. The Bertz CT molecular complexity index is 583. The second-order valence-corrected chi connectivity index (χ2v) is 5.63. The Morgan fingerprint density at radius 2 is 1.95 bits per heavy atom. The minimum Gasteiger partial charge on any atom is -0.496 e. The van der Waals surface area contributed by atoms with Gasteiger partial charge in [-0.05, 0) is 58.6 Å². The molecule has 0 heterocycles. The van der Waals surface area contributed by atoms with Gasteiger partial charge in [-0.1, -0.05) is 31.2 Å². The van der Waals surface area contributed by atoms with Crippen molar-refractivity contribution < 1.29 is 4.74 Å². The molecule has 2 aromatic rings. The highest BCUT2D eigenvalue weighted by Crippen LogP contribution is 2.30. The average Bonchev–Trinajstić information content (AvgIpc) is 2.47. The summed E-state index contributed by atoms with van der Waals surface area (Å²) in [6.45, 7) is 4.34. The van der Waals surface area contributed by atoms with Gasteiger partial charge in [0, 0.05) is 11.7 Å². The zero-order valence-electron chi connectivity index (χ0n) is 12.1. The first-order chi connectivity index (χ1) is 9.65. The Morgan fingerprint density at radius 1 is 1.20 bits per heavy atom. The van der Waals surface area contributed by atoms with E-state index in [2.05, 4.69) is 71.5 Å². The van der Waals surface area contributed by atoms with E-state index in [4.69, 9.17) is 4.74 Å². The van der Waals surface area contributed by atoms with Gasteiger partial charge in [0.15, 0.2) is 0 Å². The Balaban J connectivity index is 2.19. The zero-order chi connectivity index (χ0) is 14.5. The molecule has 0 aliphatic heterocycles. The number of methoxy groups -OCH3 is 1. The van der Waals surface area contributed by atoms with Crippen molar-refractivity contribution in [3.05, 3.63) is 58.1 Å². The summed E-state index contributed by atoms with van der Waals surface area (Å²) in [6.07, 6.45) is 1.03. The van der Waals surface area contributed by atoms with Crippen LogP contribution in [0.4, 0.5) is 5.69 Å². The summed E-state index contributed by atoms with van der Waals surface area (Å²) in [5.41, 5.74) is 3.77. The maximum Gasteiger partial charge on any atom is 0.133 e. The number of rotatable bonds is 5. The first-order valence-electron chi connectivity index (χ1n) is 6.83. The maximum atomic E-state index is 5.27. The van der Waals surface area contributed by atoms with Gasteiger partial charge < -0.3 is 10.1 Å². The third kappa shape index (κ3) is 3.34. The van der Waals surface area contributed by atoms with Gasteiger partial charge in [0.1, 0.15) is 5.75 Å². The van der Waals surface area contributed by atoms with E-state index in [1.165, 1.54) is 16.8 Å². The monoisotopic (exact) mass is 333 g/mol. The highest BCUT2D eigenvalue weighted by Gasteiger charge is 2.09. The summed E-state index contributed by atoms with van der Waals surface area (Å²) in [6, 6.07) is 14.9. The topological polar surface area (TPSA) is 21.3 Å². The second kappa shape index (κ2) is 6.80. The molecule has 2 nitrogen and oxygen atoms in total. The predicted molar refractivity (Wildman–Crippen MR) is 88.6 cm³/mol. The van der Waals surface area contributed by atoms with Crippen LogP contribution >= 0.6 is 15.9 Å². The average molecular weight is 334 g/mol. The smallest absolute Gasteiger partial charge is 0.133 e. The first kappa shape index (κ1) is 14.9. The van der Waals surface area contributed by atoms with Crippen LogP contribution in [0.1, 0.15) is 31.0 Å². The van der Waals surface area contributed by atoms with Crippen LogP contribution in [0.15, 0.2) is 46.9 Å². The summed E-state index contributed by atoms with van der Waals surface area (Å²) in [7, 11) is 1.68. The number of hydrogen-bond donors (Lipinski definition) is 1. The molecule has 1 unspecified atom stereocenters. The van der Waals surface area contributed by atoms with E-state index < -0.39 is 0 Å². The summed E-state index contributed by atoms with van der Waals surface area (Å²) in [5.74, 6) is 0.856. The van der Waals surface area contributed by atoms with E-state index in [1.807, 2.05) is 6.07 Å². The quantitative estimate of drug-likeness (QED) is 0.812. The first-order valence-corrected chi connectivity index (χ1v) is 7.63. The fourth-order valence-corrected chi connectivity index (χ4v) is 2.80. The Hall–Kier alpha value is -1.48. The van der Waals surface area contributed by atoms with Crippen molar-refractivity contribution in [3.8, 4) is 5.75 Å². The Kier molecular flexibility index (Phi) is 5.07. The summed E-state index contributed by atoms with van der Waals surface area (Å²) < 4.78 is 6.25. The van der Waals surface area contributed by atoms with Crippen LogP contribution in [0.5, 0.6) is 5.75 Å². The van der Waals surface area contributed by atoms with Gasteiger partial charge in [0.25, 0.3) is 0 Å². The van der Waals surface area contributed by atoms with Crippen LogP contribution in [0.3, 0.4) is 0 Å². The summed E-state index contributed by atoms with van der Waals surface area (Å²) in [5, 5.41) is 3.58. The summed E-state index contributed by atoms with van der Waals surface area (Å²) >= 11 is 3.54. The zero-order valence-corrected chi connectivity index (χ0v) is 13.7. The molecule has 2 aromatic carbocycles. The molecule has 0 radical (unpaired) electrons. The minimum atomic E-state index is 0.241. The van der Waals surface area contributed by atoms with Crippen LogP contribution in [-0.2, 0) is 6.42 Å². The molecule has 0 amide bonds. The molecule has 106 valence electrons. The molecule has 20 heavy (non-hydrogen) atoms. The molecule has 0 spiro atoms. The van der Waals surface area contributed by atoms with Crippen molar-refractivity contribution in [2.75, 3.05) is 12.4 Å². The van der Waals surface area contributed by atoms with Crippen molar-refractivity contribution >= 4 is 21.6 Å². The molecule has 0 aliphatic rings. The van der Waals surface area contributed by atoms with Crippen molar-refractivity contribution in [2.45, 2.75) is 26.3 Å². The van der Waals surface area contributed by atoms with E-state index in [1.54, 1.807) is 7.11 Å². The van der Waals surface area contributed by atoms with Gasteiger partial charge in [-0.25, -0.2) is 0 Å². The molecule has 2 rings (SSSR count). The highest BCUT2D eigenvalue weighted by molar-refractivity contribution is 9.10. The molecule has 0 bridgehead atoms. The van der Waals surface area contributed by atoms with Crippen LogP contribution in [0.2, 0.25) is 0 Å². The van der Waals surface area contributed by atoms with E-state index in [0.717, 1.165) is 16.6 Å². The van der Waals surface area contributed by atoms with Gasteiger partial charge in [-0.15, -0.1) is 0 Å². The maximum absolute atomic E-state index is 5.27. The molecule has 0 fully saturated rings. The van der Waals surface area contributed by atoms with Crippen LogP contribution in [-0.4, -0.2) is 7.11 Å². The SMILES string of the molecule is CCc1ccccc1NC(C)c1ccc(OC)c(Br)c1. The highest BCUT2D eigenvalue weighted by atomic mass is 79.9. The predicted octanol–water partition coefficient (Wildman–Crippen LogP) is 5.19. The number of nitrogens with one attached hydrogen (secondary N) is 1. The molecule has 1 N–H and O–H groups in total. The number of para-hydroxylation sites is 1. The third-order valence-electron chi connectivity index (χ3n) is 3.45. The number of halogens is 1. The van der Waals surface area contributed by atoms with Gasteiger partial charge in [0.2, 0.25) is 0 Å². The Morgan fingerprint density at radius 3 is 2.60 bits per heavy atom. The normalized spacial score (nSPS) is 12.0. The fraction of sp³-hybridized carbons (Fsp3) is 0.294. The van der Waals surface area contributed by atoms with E-state index >= 15 is 0 Å². The van der Waals surface area contributed by atoms with E-state index in [-0.39, 0.29) is 6.04 Å². The Labute approximate surface area is 129 Å². The lowest BCUT2D eigenvalue weighted by molar-refractivity contribution is 0.412. The lowest BCUT2D eigenvalue weighted by atomic mass is 10.1. The van der Waals surface area contributed by atoms with Crippen LogP contribution < -0.4 is 10.1 Å². The van der Waals surface area contributed by atoms with Crippen LogP contribution in [0, 0.1) is 0 Å². The van der Waals surface area contributed by atoms with E-state index in [0.29, 0.717) is 0 Å². The third-order valence-corrected chi connectivity index (χ3v) is 4.07. The van der Waals surface area contributed by atoms with E-state index in [9.17, 15) is 0 Å². The summed E-state index contributed by atoms with van der Waals surface area (Å²) in [4.78, 5) is 0. The lowest BCUT2D eigenvalue weighted by Crippen LogP contribution is -2.08. The van der Waals surface area contributed by atoms with Gasteiger partial charge in [-0.2, -0.15) is 0 Å². The van der Waals surface area contributed by atoms with Crippen molar-refractivity contribution in [1.82, 2.24) is 0 Å². The molecule has 3 heteroatoms. The fourth-order valence-electron chi connectivity index (χ4n) is 2.24. The molecule has 0 saturated heterocycles. The van der Waals surface area contributed by atoms with Crippen LogP contribution in [0.25, 0.3) is 0 Å². The minimum absolute atomic E-state index is 0.241. The van der Waals surface area contributed by atoms with Gasteiger partial charge in [0.05, 0.1) is 11.6 Å². The molecule has 0 aliphatic carbocycles. The van der Waals surface area contributed by atoms with Gasteiger partial charge in [-0.3, -0.25) is 0 Å². The largest absolute Gasteiger partial charge is 0.496 e. The van der Waals surface area contributed by atoms with Crippen molar-refractivity contribution in [1.29, 1.82) is 0 Å². The molecule has 0 saturated carbocycles. The second-order valence-electron chi connectivity index (χ2n) is 4.77. The standard InChI is InChI=1S/C17H20BrNO/c1-4-13-7-5-6-8-16(13)19-12(2)14-9-10-17(20-3)15(18)11-14/h5-12,19H,4H2,1-3H3.